The van der Waals surface area contributed by atoms with Gasteiger partial charge < -0.3 is 4.52 Å². The molecular weight excluding hydrogens is 210 g/mol. The van der Waals surface area contributed by atoms with Crippen LogP contribution in [0.5, 0.6) is 0 Å². The van der Waals surface area contributed by atoms with Crippen LogP contribution in [0.2, 0.25) is 0 Å². The first-order chi connectivity index (χ1) is 6.40. The molecule has 13 heavy (non-hydrogen) atoms. The van der Waals surface area contributed by atoms with Crippen molar-refractivity contribution in [2.75, 3.05) is 0 Å². The van der Waals surface area contributed by atoms with Gasteiger partial charge in [-0.3, -0.25) is 0 Å². The molecule has 0 saturated heterocycles. The normalized spacial score (nSPS) is 10.5. The third-order valence-electron chi connectivity index (χ3n) is 1.39. The van der Waals surface area contributed by atoms with Gasteiger partial charge in [0.2, 0.25) is 0 Å². The zero-order valence-corrected chi connectivity index (χ0v) is 7.97. The molecule has 4 nitrogen and oxygen atoms in total. The first-order valence-corrected chi connectivity index (χ1v) is 4.94. The molecule has 0 aromatic carbocycles. The summed E-state index contributed by atoms with van der Waals surface area (Å²) >= 11 is 2.38. The smallest absolute Gasteiger partial charge is 0.124 e. The second kappa shape index (κ2) is 3.93. The average Bonchev–Trinajstić information content (AvgIpc) is 2.70. The molecule has 0 fully saturated rings. The molecule has 0 atom stereocenters. The molecule has 68 valence electrons. The maximum absolute atomic E-state index is 8.20. The van der Waals surface area contributed by atoms with E-state index in [0.717, 1.165) is 26.8 Å². The fourth-order valence-electron chi connectivity index (χ4n) is 0.879. The van der Waals surface area contributed by atoms with E-state index in [2.05, 4.69) is 9.49 Å². The topological polar surface area (TPSA) is 55.5 Å². The maximum atomic E-state index is 8.20. The summed E-state index contributed by atoms with van der Waals surface area (Å²) in [6.45, 7) is 0. The number of thiophene rings is 1. The molecule has 0 spiro atoms. The molecule has 0 aliphatic carbocycles. The predicted octanol–water partition coefficient (Wildman–Crippen LogP) is 2.90. The van der Waals surface area contributed by atoms with E-state index in [1.165, 1.54) is 17.6 Å². The quantitative estimate of drug-likeness (QED) is 0.484. The Morgan fingerprint density at radius 2 is 2.38 bits per heavy atom. The van der Waals surface area contributed by atoms with Crippen molar-refractivity contribution in [1.29, 1.82) is 0 Å². The standard InChI is InChI=1S/C7H5NO3S2/c9-11-13-7-2-1-6(12-7)5-3-4-10-8-5/h1-4,9H. The molecule has 2 heterocycles. The van der Waals surface area contributed by atoms with Gasteiger partial charge in [-0.2, -0.15) is 4.33 Å². The van der Waals surface area contributed by atoms with Crippen LogP contribution in [0.25, 0.3) is 10.6 Å². The molecule has 2 aromatic rings. The highest BCUT2D eigenvalue weighted by atomic mass is 32.2. The van der Waals surface area contributed by atoms with Gasteiger partial charge in [0.25, 0.3) is 0 Å². The molecule has 1 N–H and O–H groups in total. The molecule has 0 aliphatic heterocycles. The molecular formula is C7H5NO3S2. The van der Waals surface area contributed by atoms with Gasteiger partial charge >= 0.3 is 0 Å². The van der Waals surface area contributed by atoms with Gasteiger partial charge in [-0.1, -0.05) is 5.16 Å². The Balaban J connectivity index is 2.23. The first kappa shape index (κ1) is 8.76. The highest BCUT2D eigenvalue weighted by Crippen LogP contribution is 2.32. The van der Waals surface area contributed by atoms with Crippen LogP contribution in [0.4, 0.5) is 0 Å². The second-order valence-corrected chi connectivity index (χ2v) is 4.26. The SMILES string of the molecule is OOSc1ccc(-c2ccon2)s1. The number of nitrogens with zero attached hydrogens (tertiary/aromatic N) is 1. The van der Waals surface area contributed by atoms with Crippen molar-refractivity contribution in [3.05, 3.63) is 24.5 Å². The zero-order valence-electron chi connectivity index (χ0n) is 6.34. The third kappa shape index (κ3) is 1.92. The Morgan fingerprint density at radius 1 is 1.46 bits per heavy atom. The van der Waals surface area contributed by atoms with E-state index in [1.54, 1.807) is 6.07 Å². The van der Waals surface area contributed by atoms with E-state index in [0.29, 0.717) is 0 Å². The van der Waals surface area contributed by atoms with Crippen LogP contribution < -0.4 is 0 Å². The second-order valence-electron chi connectivity index (χ2n) is 2.16. The van der Waals surface area contributed by atoms with Gasteiger partial charge in [-0.05, 0) is 12.1 Å². The van der Waals surface area contributed by atoms with Gasteiger partial charge in [0.05, 0.1) is 21.1 Å². The van der Waals surface area contributed by atoms with E-state index >= 15 is 0 Å². The third-order valence-corrected chi connectivity index (χ3v) is 3.12. The highest BCUT2D eigenvalue weighted by molar-refractivity contribution is 7.96. The minimum absolute atomic E-state index is 0.787. The highest BCUT2D eigenvalue weighted by Gasteiger charge is 2.05. The molecule has 0 radical (unpaired) electrons. The maximum Gasteiger partial charge on any atom is 0.124 e. The summed E-state index contributed by atoms with van der Waals surface area (Å²) in [7, 11) is 0. The molecule has 0 aliphatic rings. The Kier molecular flexibility index (Phi) is 2.65. The average molecular weight is 215 g/mol. The van der Waals surface area contributed by atoms with Crippen molar-refractivity contribution in [1.82, 2.24) is 5.16 Å². The summed E-state index contributed by atoms with van der Waals surface area (Å²) in [6.07, 6.45) is 1.52. The van der Waals surface area contributed by atoms with Crippen LogP contribution in [0.15, 0.2) is 33.2 Å². The van der Waals surface area contributed by atoms with Crippen molar-refractivity contribution in [2.45, 2.75) is 4.21 Å². The van der Waals surface area contributed by atoms with Gasteiger partial charge in [0.15, 0.2) is 0 Å². The van der Waals surface area contributed by atoms with E-state index in [1.807, 2.05) is 12.1 Å². The Labute approximate surface area is 82.3 Å². The van der Waals surface area contributed by atoms with Crippen LogP contribution in [0, 0.1) is 0 Å². The van der Waals surface area contributed by atoms with E-state index in [-0.39, 0.29) is 0 Å². The van der Waals surface area contributed by atoms with E-state index in [4.69, 9.17) is 9.78 Å². The number of hydrogen-bond acceptors (Lipinski definition) is 6. The number of aromatic nitrogens is 1. The van der Waals surface area contributed by atoms with Crippen LogP contribution in [-0.2, 0) is 4.33 Å². The zero-order chi connectivity index (χ0) is 9.10. The van der Waals surface area contributed by atoms with Crippen LogP contribution in [0.1, 0.15) is 0 Å². The van der Waals surface area contributed by atoms with Crippen molar-refractivity contribution < 1.29 is 14.1 Å². The lowest BCUT2D eigenvalue weighted by Crippen LogP contribution is -1.66. The van der Waals surface area contributed by atoms with Gasteiger partial charge in [-0.25, -0.2) is 5.26 Å². The van der Waals surface area contributed by atoms with Gasteiger partial charge in [-0.15, -0.1) is 11.3 Å². The first-order valence-electron chi connectivity index (χ1n) is 3.39. The number of rotatable bonds is 3. The summed E-state index contributed by atoms with van der Waals surface area (Å²) in [5.41, 5.74) is 0.787. The molecule has 0 unspecified atom stereocenters. The fourth-order valence-corrected chi connectivity index (χ4v) is 2.27. The Hall–Kier alpha value is -0.820. The van der Waals surface area contributed by atoms with Gasteiger partial charge in [0, 0.05) is 6.07 Å². The summed E-state index contributed by atoms with van der Waals surface area (Å²) in [5, 5.41) is 12.0. The summed E-state index contributed by atoms with van der Waals surface area (Å²) in [5.74, 6) is 0. The fraction of sp³-hybridized carbons (Fsp3) is 0. The van der Waals surface area contributed by atoms with Crippen molar-refractivity contribution in [2.24, 2.45) is 0 Å². The van der Waals surface area contributed by atoms with E-state index < -0.39 is 0 Å². The predicted molar refractivity (Wildman–Crippen MR) is 49.4 cm³/mol. The largest absolute Gasteiger partial charge is 0.364 e. The van der Waals surface area contributed by atoms with Crippen molar-refractivity contribution in [3.63, 3.8) is 0 Å². The molecule has 2 aromatic heterocycles. The van der Waals surface area contributed by atoms with Crippen molar-refractivity contribution >= 4 is 23.4 Å². The molecule has 0 bridgehead atoms. The Bertz CT molecular complexity index is 371. The minimum atomic E-state index is 0.787. The minimum Gasteiger partial charge on any atom is -0.364 e. The summed E-state index contributed by atoms with van der Waals surface area (Å²) < 4.78 is 9.51. The summed E-state index contributed by atoms with van der Waals surface area (Å²) in [6, 6.07) is 5.51. The number of hydrogen-bond donors (Lipinski definition) is 1. The monoisotopic (exact) mass is 215 g/mol. The Morgan fingerprint density at radius 3 is 3.08 bits per heavy atom. The molecule has 0 amide bonds. The lowest BCUT2D eigenvalue weighted by molar-refractivity contribution is -0.116. The lowest BCUT2D eigenvalue weighted by Gasteiger charge is -1.87. The summed E-state index contributed by atoms with van der Waals surface area (Å²) in [4.78, 5) is 0.980. The van der Waals surface area contributed by atoms with Crippen LogP contribution in [-0.4, -0.2) is 10.4 Å². The molecule has 6 heteroatoms. The van der Waals surface area contributed by atoms with Crippen LogP contribution >= 0.6 is 23.4 Å². The van der Waals surface area contributed by atoms with Crippen molar-refractivity contribution in [3.8, 4) is 10.6 Å². The van der Waals surface area contributed by atoms with E-state index in [9.17, 15) is 0 Å². The van der Waals surface area contributed by atoms with Gasteiger partial charge in [0.1, 0.15) is 12.0 Å². The van der Waals surface area contributed by atoms with Crippen LogP contribution in [0.3, 0.4) is 0 Å². The lowest BCUT2D eigenvalue weighted by atomic mass is 10.3. The molecule has 0 saturated carbocycles. The molecule has 2 rings (SSSR count).